The Morgan fingerprint density at radius 3 is 2.84 bits per heavy atom. The van der Waals surface area contributed by atoms with E-state index in [1.54, 1.807) is 6.33 Å². The van der Waals surface area contributed by atoms with E-state index in [1.165, 1.54) is 11.1 Å². The maximum absolute atomic E-state index is 13.5. The van der Waals surface area contributed by atoms with Crippen LogP contribution in [0.5, 0.6) is 0 Å². The van der Waals surface area contributed by atoms with Gasteiger partial charge in [0.1, 0.15) is 0 Å². The molecule has 1 fully saturated rings. The molecule has 2 aliphatic rings. The van der Waals surface area contributed by atoms with E-state index in [4.69, 9.17) is 4.74 Å². The van der Waals surface area contributed by atoms with Crippen LogP contribution in [-0.4, -0.2) is 45.9 Å². The molecule has 2 heterocycles. The Labute approximate surface area is 181 Å². The number of piperidine rings is 1. The number of carbonyl (C=O) groups excluding carboxylic acids is 2. The molecule has 2 bridgehead atoms. The van der Waals surface area contributed by atoms with Crippen LogP contribution in [-0.2, 0) is 16.6 Å². The molecule has 1 aliphatic carbocycles. The number of hydrogen-bond acceptors (Lipinski definition) is 4. The van der Waals surface area contributed by atoms with Crippen molar-refractivity contribution in [3.8, 4) is 0 Å². The summed E-state index contributed by atoms with van der Waals surface area (Å²) in [6.45, 7) is 7.40. The van der Waals surface area contributed by atoms with E-state index in [0.29, 0.717) is 24.3 Å². The molecular weight excluding hydrogens is 390 g/mol. The Bertz CT molecular complexity index is 1180. The number of nitrogens with one attached hydrogen (secondary N) is 1. The summed E-state index contributed by atoms with van der Waals surface area (Å²) in [6, 6.07) is 11.7. The molecule has 1 saturated heterocycles. The van der Waals surface area contributed by atoms with Crippen molar-refractivity contribution in [2.75, 3.05) is 13.2 Å². The first-order valence-corrected chi connectivity index (χ1v) is 11.0. The van der Waals surface area contributed by atoms with Gasteiger partial charge in [0.15, 0.2) is 0 Å². The number of nitrogens with zero attached hydrogens (tertiary/aromatic N) is 2. The summed E-state index contributed by atoms with van der Waals surface area (Å²) >= 11 is 0. The molecule has 0 spiro atoms. The molecule has 1 N–H and O–H groups in total. The third-order valence-electron chi connectivity index (χ3n) is 7.45. The van der Waals surface area contributed by atoms with Gasteiger partial charge in [-0.25, -0.2) is 9.78 Å². The number of amides is 1. The van der Waals surface area contributed by atoms with E-state index in [0.717, 1.165) is 23.9 Å². The van der Waals surface area contributed by atoms with Crippen molar-refractivity contribution in [1.82, 2.24) is 14.9 Å². The van der Waals surface area contributed by atoms with Crippen LogP contribution in [0, 0.1) is 5.92 Å². The predicted molar refractivity (Wildman–Crippen MR) is 118 cm³/mol. The van der Waals surface area contributed by atoms with Crippen molar-refractivity contribution >= 4 is 22.9 Å². The molecule has 3 atom stereocenters. The summed E-state index contributed by atoms with van der Waals surface area (Å²) in [7, 11) is 0. The number of imidazole rings is 1. The van der Waals surface area contributed by atoms with Gasteiger partial charge in [-0.1, -0.05) is 19.9 Å². The molecule has 31 heavy (non-hydrogen) atoms. The Hall–Kier alpha value is -3.15. The van der Waals surface area contributed by atoms with Crippen molar-refractivity contribution in [2.24, 2.45) is 5.92 Å². The van der Waals surface area contributed by atoms with Crippen molar-refractivity contribution in [2.45, 2.75) is 45.1 Å². The first kappa shape index (κ1) is 19.8. The second-order valence-electron chi connectivity index (χ2n) is 8.95. The Balaban J connectivity index is 1.48. The fourth-order valence-corrected chi connectivity index (χ4v) is 5.45. The largest absolute Gasteiger partial charge is 0.462 e. The fourth-order valence-electron chi connectivity index (χ4n) is 5.45. The summed E-state index contributed by atoms with van der Waals surface area (Å²) in [5.41, 5.74) is 5.41. The number of likely N-dealkylation sites (tertiary alicyclic amines) is 1. The number of benzene rings is 2. The number of hydrogen-bond donors (Lipinski definition) is 1. The monoisotopic (exact) mass is 417 g/mol. The zero-order valence-electron chi connectivity index (χ0n) is 18.1. The van der Waals surface area contributed by atoms with Crippen LogP contribution in [0.15, 0.2) is 42.7 Å². The van der Waals surface area contributed by atoms with Gasteiger partial charge in [-0.15, -0.1) is 0 Å². The Morgan fingerprint density at radius 2 is 2.03 bits per heavy atom. The standard InChI is InChI=1S/C25H27N3O3/c1-4-31-24(30)18-6-5-16-13-22-15(2)25(3,19(16)11-18)9-10-28(22)23(29)17-7-8-20-21(12-17)27-14-26-20/h5-8,11-12,14-15,22H,4,9-10,13H2,1-3H3,(H,26,27)/t15-,22?,25-/m1/s1. The van der Waals surface area contributed by atoms with Gasteiger partial charge in [0.25, 0.3) is 5.91 Å². The number of carbonyl (C=O) groups is 2. The summed E-state index contributed by atoms with van der Waals surface area (Å²) in [5, 5.41) is 0. The quantitative estimate of drug-likeness (QED) is 0.651. The second kappa shape index (κ2) is 7.22. The van der Waals surface area contributed by atoms with Crippen molar-refractivity contribution in [3.63, 3.8) is 0 Å². The molecule has 160 valence electrons. The molecule has 5 rings (SSSR count). The van der Waals surface area contributed by atoms with Crippen molar-refractivity contribution in [3.05, 3.63) is 65.0 Å². The number of fused-ring (bicyclic) bond motifs is 5. The van der Waals surface area contributed by atoms with Gasteiger partial charge in [0.05, 0.1) is 29.5 Å². The van der Waals surface area contributed by atoms with Crippen LogP contribution in [0.25, 0.3) is 11.0 Å². The van der Waals surface area contributed by atoms with Crippen LogP contribution in [0.1, 0.15) is 59.0 Å². The highest BCUT2D eigenvalue weighted by atomic mass is 16.5. The smallest absolute Gasteiger partial charge is 0.338 e. The van der Waals surface area contributed by atoms with Crippen LogP contribution < -0.4 is 0 Å². The van der Waals surface area contributed by atoms with Crippen LogP contribution in [0.3, 0.4) is 0 Å². The molecule has 1 amide bonds. The molecule has 6 heteroatoms. The summed E-state index contributed by atoms with van der Waals surface area (Å²) < 4.78 is 5.21. The van der Waals surface area contributed by atoms with Gasteiger partial charge in [0, 0.05) is 18.2 Å². The zero-order valence-corrected chi connectivity index (χ0v) is 18.1. The number of esters is 1. The van der Waals surface area contributed by atoms with E-state index < -0.39 is 0 Å². The van der Waals surface area contributed by atoms with Gasteiger partial charge in [-0.3, -0.25) is 4.79 Å². The van der Waals surface area contributed by atoms with E-state index in [-0.39, 0.29) is 29.3 Å². The number of ether oxygens (including phenoxy) is 1. The topological polar surface area (TPSA) is 75.3 Å². The number of aromatic nitrogens is 2. The van der Waals surface area contributed by atoms with Crippen LogP contribution in [0.4, 0.5) is 0 Å². The van der Waals surface area contributed by atoms with Gasteiger partial charge in [-0.05, 0) is 72.6 Å². The van der Waals surface area contributed by atoms with Gasteiger partial charge in [-0.2, -0.15) is 0 Å². The minimum Gasteiger partial charge on any atom is -0.462 e. The molecule has 1 unspecified atom stereocenters. The van der Waals surface area contributed by atoms with Gasteiger partial charge < -0.3 is 14.6 Å². The maximum Gasteiger partial charge on any atom is 0.338 e. The Kier molecular flexibility index (Phi) is 4.61. The number of H-pyrrole nitrogens is 1. The lowest BCUT2D eigenvalue weighted by Gasteiger charge is -2.54. The van der Waals surface area contributed by atoms with E-state index in [2.05, 4.69) is 23.8 Å². The lowest BCUT2D eigenvalue weighted by Crippen LogP contribution is -2.59. The molecule has 6 nitrogen and oxygen atoms in total. The highest BCUT2D eigenvalue weighted by molar-refractivity contribution is 5.97. The fraction of sp³-hybridized carbons (Fsp3) is 0.400. The summed E-state index contributed by atoms with van der Waals surface area (Å²) in [5.74, 6) is 0.0820. The molecule has 0 saturated carbocycles. The molecular formula is C25H27N3O3. The minimum atomic E-state index is -0.273. The minimum absolute atomic E-state index is 0.0713. The predicted octanol–water partition coefficient (Wildman–Crippen LogP) is 4.10. The normalized spacial score (nSPS) is 24.7. The lowest BCUT2D eigenvalue weighted by molar-refractivity contribution is 0.0250. The molecule has 2 aromatic carbocycles. The summed E-state index contributed by atoms with van der Waals surface area (Å²) in [6.07, 6.45) is 3.31. The van der Waals surface area contributed by atoms with Gasteiger partial charge >= 0.3 is 5.97 Å². The molecule has 0 radical (unpaired) electrons. The van der Waals surface area contributed by atoms with Crippen molar-refractivity contribution in [1.29, 1.82) is 0 Å². The second-order valence-corrected chi connectivity index (χ2v) is 8.95. The van der Waals surface area contributed by atoms with Gasteiger partial charge in [0.2, 0.25) is 0 Å². The average molecular weight is 418 g/mol. The third-order valence-corrected chi connectivity index (χ3v) is 7.45. The number of aromatic amines is 1. The van der Waals surface area contributed by atoms with Crippen LogP contribution in [0.2, 0.25) is 0 Å². The SMILES string of the molecule is CCOC(=O)c1ccc2c(c1)[C@]1(C)CCN(C(=O)c3ccc4nc[nH]c4c3)C(C2)[C@H]1C. The molecule has 1 aliphatic heterocycles. The van der Waals surface area contributed by atoms with Crippen molar-refractivity contribution < 1.29 is 14.3 Å². The molecule has 3 aromatic rings. The number of rotatable bonds is 3. The summed E-state index contributed by atoms with van der Waals surface area (Å²) in [4.78, 5) is 35.1. The Morgan fingerprint density at radius 1 is 1.23 bits per heavy atom. The van der Waals surface area contributed by atoms with E-state index >= 15 is 0 Å². The highest BCUT2D eigenvalue weighted by Crippen LogP contribution is 2.49. The van der Waals surface area contributed by atoms with E-state index in [9.17, 15) is 9.59 Å². The van der Waals surface area contributed by atoms with E-state index in [1.807, 2.05) is 48.2 Å². The van der Waals surface area contributed by atoms with Crippen LogP contribution >= 0.6 is 0 Å². The molecule has 1 aromatic heterocycles. The lowest BCUT2D eigenvalue weighted by atomic mass is 9.58. The first-order chi connectivity index (χ1) is 14.9. The maximum atomic E-state index is 13.5. The first-order valence-electron chi connectivity index (χ1n) is 11.0. The highest BCUT2D eigenvalue weighted by Gasteiger charge is 2.49. The third kappa shape index (κ3) is 3.04. The zero-order chi connectivity index (χ0) is 21.8. The average Bonchev–Trinajstić information content (AvgIpc) is 3.24.